The summed E-state index contributed by atoms with van der Waals surface area (Å²) in [5, 5.41) is 3.71. The Balaban J connectivity index is 1.70. The van der Waals surface area contributed by atoms with E-state index in [1.165, 1.54) is 31.2 Å². The largest absolute Gasteiger partial charge is 0.312 e. The van der Waals surface area contributed by atoms with Crippen LogP contribution in [-0.4, -0.2) is 30.6 Å². The van der Waals surface area contributed by atoms with Crippen molar-refractivity contribution in [3.63, 3.8) is 0 Å². The maximum absolute atomic E-state index is 3.71. The molecule has 0 amide bonds. The number of nitrogens with one attached hydrogen (secondary N) is 1. The van der Waals surface area contributed by atoms with Crippen LogP contribution in [0.25, 0.3) is 0 Å². The van der Waals surface area contributed by atoms with Gasteiger partial charge in [-0.3, -0.25) is 4.90 Å². The van der Waals surface area contributed by atoms with Crippen LogP contribution in [0.15, 0.2) is 30.3 Å². The molecule has 0 spiro atoms. The summed E-state index contributed by atoms with van der Waals surface area (Å²) >= 11 is 0. The van der Waals surface area contributed by atoms with Crippen molar-refractivity contribution >= 4 is 0 Å². The van der Waals surface area contributed by atoms with Gasteiger partial charge in [-0.1, -0.05) is 30.3 Å². The van der Waals surface area contributed by atoms with Crippen molar-refractivity contribution in [2.45, 2.75) is 50.7 Å². The van der Waals surface area contributed by atoms with Crippen molar-refractivity contribution in [3.05, 3.63) is 35.9 Å². The van der Waals surface area contributed by atoms with Crippen LogP contribution in [0.1, 0.15) is 44.2 Å². The standard InChI is InChI=1S/C17H26N2/c1-13(14-8-9-14)19(2)17(12-18-16-10-11-16)15-6-4-3-5-7-15/h3-7,13-14,16-18H,8-12H2,1-2H3. The Morgan fingerprint density at radius 2 is 1.84 bits per heavy atom. The van der Waals surface area contributed by atoms with Crippen molar-refractivity contribution in [2.75, 3.05) is 13.6 Å². The first-order chi connectivity index (χ1) is 9.25. The van der Waals surface area contributed by atoms with Crippen LogP contribution in [0.2, 0.25) is 0 Å². The summed E-state index contributed by atoms with van der Waals surface area (Å²) in [5.74, 6) is 0.928. The van der Waals surface area contributed by atoms with E-state index in [9.17, 15) is 0 Å². The first kappa shape index (κ1) is 13.1. The Labute approximate surface area is 117 Å². The van der Waals surface area contributed by atoms with Gasteiger partial charge in [0.25, 0.3) is 0 Å². The number of benzene rings is 1. The van der Waals surface area contributed by atoms with Gasteiger partial charge in [-0.2, -0.15) is 0 Å². The molecule has 0 bridgehead atoms. The lowest BCUT2D eigenvalue weighted by molar-refractivity contribution is 0.163. The predicted octanol–water partition coefficient (Wildman–Crippen LogP) is 3.21. The van der Waals surface area contributed by atoms with E-state index in [0.717, 1.165) is 18.5 Å². The van der Waals surface area contributed by atoms with E-state index in [1.807, 2.05) is 0 Å². The van der Waals surface area contributed by atoms with Gasteiger partial charge in [0.15, 0.2) is 0 Å². The van der Waals surface area contributed by atoms with E-state index in [1.54, 1.807) is 0 Å². The average Bonchev–Trinajstić information content (AvgIpc) is 3.30. The summed E-state index contributed by atoms with van der Waals surface area (Å²) in [6, 6.07) is 13.0. The zero-order chi connectivity index (χ0) is 13.2. The minimum absolute atomic E-state index is 0.511. The summed E-state index contributed by atoms with van der Waals surface area (Å²) in [5.41, 5.74) is 1.45. The van der Waals surface area contributed by atoms with E-state index in [2.05, 4.69) is 54.5 Å². The minimum atomic E-state index is 0.511. The van der Waals surface area contributed by atoms with Crippen molar-refractivity contribution in [3.8, 4) is 0 Å². The topological polar surface area (TPSA) is 15.3 Å². The fourth-order valence-electron chi connectivity index (χ4n) is 2.93. The van der Waals surface area contributed by atoms with Crippen molar-refractivity contribution < 1.29 is 0 Å². The summed E-state index contributed by atoms with van der Waals surface area (Å²) < 4.78 is 0. The van der Waals surface area contributed by atoms with Crippen LogP contribution in [0.4, 0.5) is 0 Å². The Bertz CT molecular complexity index is 395. The van der Waals surface area contributed by atoms with Gasteiger partial charge in [-0.25, -0.2) is 0 Å². The van der Waals surface area contributed by atoms with Crippen LogP contribution < -0.4 is 5.32 Å². The van der Waals surface area contributed by atoms with Crippen molar-refractivity contribution in [2.24, 2.45) is 5.92 Å². The quantitative estimate of drug-likeness (QED) is 0.808. The van der Waals surface area contributed by atoms with Gasteiger partial charge in [0, 0.05) is 24.7 Å². The monoisotopic (exact) mass is 258 g/mol. The molecule has 1 N–H and O–H groups in total. The highest BCUT2D eigenvalue weighted by Crippen LogP contribution is 2.37. The van der Waals surface area contributed by atoms with Crippen LogP contribution in [0.3, 0.4) is 0 Å². The van der Waals surface area contributed by atoms with Gasteiger partial charge < -0.3 is 5.32 Å². The molecule has 0 heterocycles. The summed E-state index contributed by atoms with van der Waals surface area (Å²) in [6.45, 7) is 3.48. The molecule has 2 heteroatoms. The highest BCUT2D eigenvalue weighted by Gasteiger charge is 2.34. The van der Waals surface area contributed by atoms with Crippen molar-refractivity contribution in [1.82, 2.24) is 10.2 Å². The molecule has 3 rings (SSSR count). The molecule has 0 radical (unpaired) electrons. The molecule has 2 aliphatic carbocycles. The molecule has 2 unspecified atom stereocenters. The van der Waals surface area contributed by atoms with E-state index in [4.69, 9.17) is 0 Å². The fourth-order valence-corrected chi connectivity index (χ4v) is 2.93. The molecule has 0 aliphatic heterocycles. The van der Waals surface area contributed by atoms with Crippen LogP contribution in [-0.2, 0) is 0 Å². The zero-order valence-corrected chi connectivity index (χ0v) is 12.2. The molecule has 2 fully saturated rings. The minimum Gasteiger partial charge on any atom is -0.312 e. The van der Waals surface area contributed by atoms with E-state index < -0.39 is 0 Å². The maximum Gasteiger partial charge on any atom is 0.0472 e. The molecular formula is C17H26N2. The average molecular weight is 258 g/mol. The lowest BCUT2D eigenvalue weighted by Gasteiger charge is -2.34. The second-order valence-corrected chi connectivity index (χ2v) is 6.35. The Morgan fingerprint density at radius 1 is 1.16 bits per heavy atom. The molecule has 2 atom stereocenters. The van der Waals surface area contributed by atoms with Crippen LogP contribution >= 0.6 is 0 Å². The number of hydrogen-bond acceptors (Lipinski definition) is 2. The van der Waals surface area contributed by atoms with Gasteiger partial charge >= 0.3 is 0 Å². The molecule has 2 saturated carbocycles. The highest BCUT2D eigenvalue weighted by molar-refractivity contribution is 5.20. The number of hydrogen-bond donors (Lipinski definition) is 1. The molecular weight excluding hydrogens is 232 g/mol. The fraction of sp³-hybridized carbons (Fsp3) is 0.647. The third kappa shape index (κ3) is 3.37. The number of likely N-dealkylation sites (N-methyl/N-ethyl adjacent to an activating group) is 1. The molecule has 19 heavy (non-hydrogen) atoms. The van der Waals surface area contributed by atoms with E-state index in [-0.39, 0.29) is 0 Å². The number of rotatable bonds is 7. The molecule has 2 nitrogen and oxygen atoms in total. The smallest absolute Gasteiger partial charge is 0.0472 e. The van der Waals surface area contributed by atoms with Gasteiger partial charge in [0.05, 0.1) is 0 Å². The van der Waals surface area contributed by atoms with Crippen LogP contribution in [0.5, 0.6) is 0 Å². The molecule has 2 aliphatic rings. The molecule has 0 aromatic heterocycles. The Hall–Kier alpha value is -0.860. The molecule has 1 aromatic rings. The van der Waals surface area contributed by atoms with Gasteiger partial charge in [0.2, 0.25) is 0 Å². The lowest BCUT2D eigenvalue weighted by Crippen LogP contribution is -2.40. The lowest BCUT2D eigenvalue weighted by atomic mass is 10.0. The Kier molecular flexibility index (Phi) is 3.90. The third-order valence-corrected chi connectivity index (χ3v) is 4.80. The normalized spacial score (nSPS) is 22.5. The first-order valence-corrected chi connectivity index (χ1v) is 7.76. The zero-order valence-electron chi connectivity index (χ0n) is 12.2. The summed E-state index contributed by atoms with van der Waals surface area (Å²) in [6.07, 6.45) is 5.57. The SMILES string of the molecule is CC(C1CC1)N(C)C(CNC1CC1)c1ccccc1. The summed E-state index contributed by atoms with van der Waals surface area (Å²) in [7, 11) is 2.30. The van der Waals surface area contributed by atoms with Gasteiger partial charge in [-0.05, 0) is 51.1 Å². The van der Waals surface area contributed by atoms with Gasteiger partial charge in [-0.15, -0.1) is 0 Å². The molecule has 104 valence electrons. The second-order valence-electron chi connectivity index (χ2n) is 6.35. The Morgan fingerprint density at radius 3 is 2.42 bits per heavy atom. The van der Waals surface area contributed by atoms with E-state index >= 15 is 0 Å². The number of nitrogens with zero attached hydrogens (tertiary/aromatic N) is 1. The van der Waals surface area contributed by atoms with Crippen molar-refractivity contribution in [1.29, 1.82) is 0 Å². The third-order valence-electron chi connectivity index (χ3n) is 4.80. The molecule has 1 aromatic carbocycles. The molecule has 0 saturated heterocycles. The van der Waals surface area contributed by atoms with E-state index in [0.29, 0.717) is 12.1 Å². The van der Waals surface area contributed by atoms with Gasteiger partial charge in [0.1, 0.15) is 0 Å². The highest BCUT2D eigenvalue weighted by atomic mass is 15.2. The maximum atomic E-state index is 3.71. The van der Waals surface area contributed by atoms with Crippen LogP contribution in [0, 0.1) is 5.92 Å². The first-order valence-electron chi connectivity index (χ1n) is 7.76. The summed E-state index contributed by atoms with van der Waals surface area (Å²) in [4.78, 5) is 2.59. The second kappa shape index (κ2) is 5.64. The predicted molar refractivity (Wildman–Crippen MR) is 80.2 cm³/mol.